The first-order valence-electron chi connectivity index (χ1n) is 7.96. The summed E-state index contributed by atoms with van der Waals surface area (Å²) in [7, 11) is -3.07. The number of hydrogen-bond donors (Lipinski definition) is 0. The molecule has 0 radical (unpaired) electrons. The van der Waals surface area contributed by atoms with Crippen LogP contribution >= 0.6 is 0 Å². The lowest BCUT2D eigenvalue weighted by molar-refractivity contribution is 0.240. The Morgan fingerprint density at radius 1 is 1.09 bits per heavy atom. The van der Waals surface area contributed by atoms with Crippen molar-refractivity contribution >= 4 is 15.7 Å². The van der Waals surface area contributed by atoms with Crippen molar-refractivity contribution < 1.29 is 8.42 Å². The molecule has 1 spiro atoms. The summed E-state index contributed by atoms with van der Waals surface area (Å²) in [5.41, 5.74) is 2.90. The average molecular weight is 322 g/mol. The molecule has 0 N–H and O–H groups in total. The number of fused-ring (bicyclic) bond motifs is 2. The summed E-state index contributed by atoms with van der Waals surface area (Å²) < 4.78 is 25.2. The number of hydrogen-bond acceptors (Lipinski definition) is 3. The quantitative estimate of drug-likeness (QED) is 0.798. The molecule has 2 aliphatic rings. The highest BCUT2D eigenvalue weighted by atomic mass is 32.2. The molecule has 22 heavy (non-hydrogen) atoms. The van der Waals surface area contributed by atoms with Crippen molar-refractivity contribution in [3.8, 4) is 0 Å². The number of benzene rings is 1. The normalized spacial score (nSPS) is 22.1. The second kappa shape index (κ2) is 4.96. The summed E-state index contributed by atoms with van der Waals surface area (Å²) in [6.07, 6.45) is 3.13. The van der Waals surface area contributed by atoms with Gasteiger partial charge in [0.2, 0.25) is 10.0 Å². The first-order valence-corrected chi connectivity index (χ1v) is 9.81. The molecule has 0 aromatic heterocycles. The number of para-hydroxylation sites is 1. The Bertz CT molecular complexity index is 668. The fourth-order valence-electron chi connectivity index (χ4n) is 3.90. The molecule has 2 heterocycles. The van der Waals surface area contributed by atoms with Crippen LogP contribution < -0.4 is 4.90 Å². The monoisotopic (exact) mass is 322 g/mol. The average Bonchev–Trinajstić information content (AvgIpc) is 2.74. The van der Waals surface area contributed by atoms with Gasteiger partial charge in [0.25, 0.3) is 0 Å². The highest BCUT2D eigenvalue weighted by Crippen LogP contribution is 2.49. The maximum absolute atomic E-state index is 11.8. The van der Waals surface area contributed by atoms with Gasteiger partial charge in [0, 0.05) is 36.3 Å². The fraction of sp³-hybridized carbons (Fsp3) is 0.647. The summed E-state index contributed by atoms with van der Waals surface area (Å²) in [5.74, 6) is 0. The molecular weight excluding hydrogens is 296 g/mol. The highest BCUT2D eigenvalue weighted by Gasteiger charge is 2.47. The molecule has 0 amide bonds. The van der Waals surface area contributed by atoms with Gasteiger partial charge in [-0.2, -0.15) is 0 Å². The molecule has 0 bridgehead atoms. The molecule has 5 heteroatoms. The molecule has 3 rings (SSSR count). The SMILES string of the molecule is CC(C)(C)N1CC2(CCN(S(C)(=O)=O)CC2)c2ccccc21. The van der Waals surface area contributed by atoms with Crippen molar-refractivity contribution in [1.82, 2.24) is 4.31 Å². The van der Waals surface area contributed by atoms with Crippen LogP contribution in [0.5, 0.6) is 0 Å². The van der Waals surface area contributed by atoms with Crippen LogP contribution in [0.3, 0.4) is 0 Å². The van der Waals surface area contributed by atoms with Gasteiger partial charge in [-0.15, -0.1) is 0 Å². The van der Waals surface area contributed by atoms with Crippen molar-refractivity contribution in [2.75, 3.05) is 30.8 Å². The minimum Gasteiger partial charge on any atom is -0.366 e. The van der Waals surface area contributed by atoms with E-state index in [2.05, 4.69) is 49.9 Å². The third-order valence-electron chi connectivity index (χ3n) is 5.19. The number of nitrogens with zero attached hydrogens (tertiary/aromatic N) is 2. The van der Waals surface area contributed by atoms with Crippen LogP contribution in [-0.2, 0) is 15.4 Å². The fourth-order valence-corrected chi connectivity index (χ4v) is 4.75. The van der Waals surface area contributed by atoms with Crippen LogP contribution in [0.2, 0.25) is 0 Å². The van der Waals surface area contributed by atoms with Gasteiger partial charge in [-0.25, -0.2) is 12.7 Å². The molecule has 122 valence electrons. The topological polar surface area (TPSA) is 40.6 Å². The highest BCUT2D eigenvalue weighted by molar-refractivity contribution is 7.88. The van der Waals surface area contributed by atoms with E-state index in [1.807, 2.05) is 0 Å². The van der Waals surface area contributed by atoms with Gasteiger partial charge in [-0.1, -0.05) is 18.2 Å². The van der Waals surface area contributed by atoms with Crippen LogP contribution in [0.25, 0.3) is 0 Å². The molecule has 0 saturated carbocycles. The molecule has 2 aliphatic heterocycles. The lowest BCUT2D eigenvalue weighted by Gasteiger charge is -2.41. The lowest BCUT2D eigenvalue weighted by atomic mass is 9.75. The maximum atomic E-state index is 11.8. The maximum Gasteiger partial charge on any atom is 0.211 e. The van der Waals surface area contributed by atoms with Crippen molar-refractivity contribution in [2.45, 2.75) is 44.6 Å². The van der Waals surface area contributed by atoms with Crippen LogP contribution in [0.1, 0.15) is 39.2 Å². The van der Waals surface area contributed by atoms with Gasteiger partial charge in [0.1, 0.15) is 0 Å². The summed E-state index contributed by atoms with van der Waals surface area (Å²) in [6, 6.07) is 8.65. The standard InChI is InChI=1S/C17H26N2O2S/c1-16(2,3)19-13-17(14-7-5-6-8-15(14)19)9-11-18(12-10-17)22(4,20)21/h5-8H,9-13H2,1-4H3. The summed E-state index contributed by atoms with van der Waals surface area (Å²) in [4.78, 5) is 2.48. The zero-order chi connectivity index (χ0) is 16.2. The Morgan fingerprint density at radius 2 is 1.68 bits per heavy atom. The lowest BCUT2D eigenvalue weighted by Crippen LogP contribution is -2.49. The van der Waals surface area contributed by atoms with Crippen molar-refractivity contribution in [2.24, 2.45) is 0 Å². The third kappa shape index (κ3) is 2.54. The van der Waals surface area contributed by atoms with Crippen LogP contribution in [0.4, 0.5) is 5.69 Å². The van der Waals surface area contributed by atoms with Gasteiger partial charge in [-0.05, 0) is 45.2 Å². The van der Waals surface area contributed by atoms with Gasteiger partial charge in [0.05, 0.1) is 6.26 Å². The molecule has 0 atom stereocenters. The molecule has 4 nitrogen and oxygen atoms in total. The summed E-state index contributed by atoms with van der Waals surface area (Å²) in [5, 5.41) is 0. The van der Waals surface area contributed by atoms with Crippen molar-refractivity contribution in [3.63, 3.8) is 0 Å². The zero-order valence-electron chi connectivity index (χ0n) is 14.0. The van der Waals surface area contributed by atoms with Gasteiger partial charge in [-0.3, -0.25) is 0 Å². The summed E-state index contributed by atoms with van der Waals surface area (Å²) in [6.45, 7) is 8.99. The summed E-state index contributed by atoms with van der Waals surface area (Å²) >= 11 is 0. The van der Waals surface area contributed by atoms with E-state index >= 15 is 0 Å². The predicted molar refractivity (Wildman–Crippen MR) is 90.9 cm³/mol. The second-order valence-electron chi connectivity index (χ2n) is 7.72. The predicted octanol–water partition coefficient (Wildman–Crippen LogP) is 2.60. The first kappa shape index (κ1) is 15.8. The number of rotatable bonds is 1. The molecule has 0 unspecified atom stereocenters. The Balaban J connectivity index is 1.94. The van der Waals surface area contributed by atoms with E-state index in [0.29, 0.717) is 13.1 Å². The van der Waals surface area contributed by atoms with Crippen LogP contribution in [-0.4, -0.2) is 44.2 Å². The van der Waals surface area contributed by atoms with E-state index in [0.717, 1.165) is 19.4 Å². The molecule has 1 aromatic rings. The molecule has 1 fully saturated rings. The van der Waals surface area contributed by atoms with E-state index in [1.165, 1.54) is 17.5 Å². The van der Waals surface area contributed by atoms with Crippen LogP contribution in [0.15, 0.2) is 24.3 Å². The van der Waals surface area contributed by atoms with Crippen LogP contribution in [0, 0.1) is 0 Å². The van der Waals surface area contributed by atoms with E-state index in [-0.39, 0.29) is 11.0 Å². The van der Waals surface area contributed by atoms with E-state index in [9.17, 15) is 8.42 Å². The zero-order valence-corrected chi connectivity index (χ0v) is 14.8. The Labute approximate surface area is 134 Å². The smallest absolute Gasteiger partial charge is 0.211 e. The number of anilines is 1. The molecule has 0 aliphatic carbocycles. The van der Waals surface area contributed by atoms with Gasteiger partial charge in [0.15, 0.2) is 0 Å². The number of piperidine rings is 1. The second-order valence-corrected chi connectivity index (χ2v) is 9.70. The largest absolute Gasteiger partial charge is 0.366 e. The van der Waals surface area contributed by atoms with E-state index in [1.54, 1.807) is 4.31 Å². The van der Waals surface area contributed by atoms with Crippen molar-refractivity contribution in [3.05, 3.63) is 29.8 Å². The van der Waals surface area contributed by atoms with Crippen molar-refractivity contribution in [1.29, 1.82) is 0 Å². The molecule has 1 saturated heterocycles. The van der Waals surface area contributed by atoms with Gasteiger partial charge >= 0.3 is 0 Å². The number of sulfonamides is 1. The Kier molecular flexibility index (Phi) is 3.57. The third-order valence-corrected chi connectivity index (χ3v) is 6.49. The van der Waals surface area contributed by atoms with E-state index in [4.69, 9.17) is 0 Å². The minimum absolute atomic E-state index is 0.0770. The van der Waals surface area contributed by atoms with E-state index < -0.39 is 10.0 Å². The van der Waals surface area contributed by atoms with Gasteiger partial charge < -0.3 is 4.90 Å². The first-order chi connectivity index (χ1) is 10.1. The molecular formula is C17H26N2O2S. The molecule has 1 aromatic carbocycles. The Morgan fingerprint density at radius 3 is 2.23 bits per heavy atom. The minimum atomic E-state index is -3.07. The Hall–Kier alpha value is -1.07.